The highest BCUT2D eigenvalue weighted by atomic mass is 19.4. The molecule has 2 aromatic rings. The first-order chi connectivity index (χ1) is 8.04. The molecule has 0 fully saturated rings. The van der Waals surface area contributed by atoms with Gasteiger partial charge >= 0.3 is 6.18 Å². The summed E-state index contributed by atoms with van der Waals surface area (Å²) >= 11 is 0. The molecule has 0 N–H and O–H groups in total. The fraction of sp³-hybridized carbons (Fsp3) is 0.0833. The van der Waals surface area contributed by atoms with Crippen LogP contribution in [0.3, 0.4) is 0 Å². The number of aldehydes is 1. The Morgan fingerprint density at radius 3 is 2.29 bits per heavy atom. The minimum absolute atomic E-state index is 0.215. The second kappa shape index (κ2) is 4.08. The highest BCUT2D eigenvalue weighted by Crippen LogP contribution is 2.39. The summed E-state index contributed by atoms with van der Waals surface area (Å²) in [4.78, 5) is 10.7. The normalized spacial score (nSPS) is 11.5. The molecule has 0 radical (unpaired) electrons. The Bertz CT molecular complexity index is 526. The fourth-order valence-electron chi connectivity index (χ4n) is 1.57. The average molecular weight is 240 g/mol. The monoisotopic (exact) mass is 240 g/mol. The fourth-order valence-corrected chi connectivity index (χ4v) is 1.57. The molecule has 1 aromatic carbocycles. The zero-order chi connectivity index (χ0) is 12.5. The Hall–Kier alpha value is -2.04. The predicted molar refractivity (Wildman–Crippen MR) is 54.5 cm³/mol. The van der Waals surface area contributed by atoms with Gasteiger partial charge in [0.1, 0.15) is 11.8 Å². The molecule has 0 aliphatic rings. The number of alkyl halides is 3. The summed E-state index contributed by atoms with van der Waals surface area (Å²) in [6, 6.07) is 7.85. The first-order valence-corrected chi connectivity index (χ1v) is 4.73. The summed E-state index contributed by atoms with van der Waals surface area (Å²) in [5, 5.41) is 0. The van der Waals surface area contributed by atoms with Crippen molar-refractivity contribution in [3.63, 3.8) is 0 Å². The zero-order valence-electron chi connectivity index (χ0n) is 8.49. The summed E-state index contributed by atoms with van der Waals surface area (Å²) in [6.07, 6.45) is -3.71. The lowest BCUT2D eigenvalue weighted by Gasteiger charge is -2.07. The third-order valence-corrected chi connectivity index (χ3v) is 2.29. The number of carbonyl (C=O) groups is 1. The smallest absolute Gasteiger partial charge is 0.420 e. The van der Waals surface area contributed by atoms with Crippen molar-refractivity contribution in [3.8, 4) is 11.1 Å². The minimum Gasteiger partial charge on any atom is -0.460 e. The lowest BCUT2D eigenvalue weighted by molar-refractivity contribution is -0.137. The highest BCUT2D eigenvalue weighted by molar-refractivity contribution is 5.86. The summed E-state index contributed by atoms with van der Waals surface area (Å²) in [5.74, 6) is -0.316. The molecule has 0 atom stereocenters. The average Bonchev–Trinajstić information content (AvgIpc) is 2.73. The molecule has 0 unspecified atom stereocenters. The van der Waals surface area contributed by atoms with E-state index in [1.165, 1.54) is 12.1 Å². The van der Waals surface area contributed by atoms with Crippen LogP contribution in [0.5, 0.6) is 0 Å². The molecular formula is C12H7F3O2. The topological polar surface area (TPSA) is 30.2 Å². The first kappa shape index (κ1) is 11.4. The van der Waals surface area contributed by atoms with Gasteiger partial charge in [-0.3, -0.25) is 4.79 Å². The van der Waals surface area contributed by atoms with Gasteiger partial charge in [-0.15, -0.1) is 0 Å². The largest absolute Gasteiger partial charge is 0.460 e. The Morgan fingerprint density at radius 1 is 1.12 bits per heavy atom. The van der Waals surface area contributed by atoms with E-state index in [0.717, 1.165) is 0 Å². The molecule has 17 heavy (non-hydrogen) atoms. The van der Waals surface area contributed by atoms with Gasteiger partial charge in [-0.1, -0.05) is 30.3 Å². The van der Waals surface area contributed by atoms with Crippen LogP contribution in [0.2, 0.25) is 0 Å². The highest BCUT2D eigenvalue weighted by Gasteiger charge is 2.37. The van der Waals surface area contributed by atoms with E-state index in [0.29, 0.717) is 11.8 Å². The van der Waals surface area contributed by atoms with Crippen molar-refractivity contribution < 1.29 is 22.4 Å². The quantitative estimate of drug-likeness (QED) is 0.748. The van der Waals surface area contributed by atoms with Crippen LogP contribution in [-0.2, 0) is 6.18 Å². The molecule has 0 amide bonds. The van der Waals surface area contributed by atoms with Crippen molar-refractivity contribution in [3.05, 3.63) is 47.9 Å². The molecule has 1 heterocycles. The predicted octanol–water partition coefficient (Wildman–Crippen LogP) is 3.78. The van der Waals surface area contributed by atoms with Gasteiger partial charge in [0.15, 0.2) is 12.0 Å². The van der Waals surface area contributed by atoms with E-state index in [9.17, 15) is 18.0 Å². The van der Waals surface area contributed by atoms with E-state index in [2.05, 4.69) is 4.42 Å². The van der Waals surface area contributed by atoms with Gasteiger partial charge in [0.25, 0.3) is 0 Å². The number of hydrogen-bond acceptors (Lipinski definition) is 2. The molecule has 1 aromatic heterocycles. The van der Waals surface area contributed by atoms with Crippen LogP contribution < -0.4 is 0 Å². The van der Waals surface area contributed by atoms with Crippen molar-refractivity contribution in [1.29, 1.82) is 0 Å². The Morgan fingerprint density at radius 2 is 1.76 bits per heavy atom. The lowest BCUT2D eigenvalue weighted by atomic mass is 10.0. The number of furan rings is 1. The van der Waals surface area contributed by atoms with Crippen molar-refractivity contribution in [1.82, 2.24) is 0 Å². The van der Waals surface area contributed by atoms with Crippen LogP contribution in [0.1, 0.15) is 16.1 Å². The van der Waals surface area contributed by atoms with E-state index in [1.807, 2.05) is 0 Å². The van der Waals surface area contributed by atoms with Gasteiger partial charge in [-0.25, -0.2) is 0 Å². The summed E-state index contributed by atoms with van der Waals surface area (Å²) in [6.45, 7) is 0. The number of carbonyl (C=O) groups excluding carboxylic acids is 1. The SMILES string of the molecule is O=Cc1occ(C(F)(F)F)c1-c1ccccc1. The molecule has 0 aliphatic carbocycles. The second-order valence-corrected chi connectivity index (χ2v) is 3.37. The molecule has 5 heteroatoms. The van der Waals surface area contributed by atoms with E-state index in [-0.39, 0.29) is 17.6 Å². The number of hydrogen-bond donors (Lipinski definition) is 0. The Balaban J connectivity index is 2.66. The van der Waals surface area contributed by atoms with Gasteiger partial charge in [-0.05, 0) is 5.56 Å². The molecular weight excluding hydrogens is 233 g/mol. The molecule has 88 valence electrons. The zero-order valence-corrected chi connectivity index (χ0v) is 8.49. The molecule has 2 nitrogen and oxygen atoms in total. The van der Waals surface area contributed by atoms with Crippen LogP contribution in [0, 0.1) is 0 Å². The molecule has 2 rings (SSSR count). The summed E-state index contributed by atoms with van der Waals surface area (Å²) in [7, 11) is 0. The lowest BCUT2D eigenvalue weighted by Crippen LogP contribution is -2.05. The minimum atomic E-state index is -4.55. The molecule has 0 aliphatic heterocycles. The third-order valence-electron chi connectivity index (χ3n) is 2.29. The number of halogens is 3. The Labute approximate surface area is 94.7 Å². The maximum Gasteiger partial charge on any atom is 0.420 e. The molecule has 0 bridgehead atoms. The van der Waals surface area contributed by atoms with Crippen LogP contribution >= 0.6 is 0 Å². The number of benzene rings is 1. The van der Waals surface area contributed by atoms with Crippen molar-refractivity contribution in [2.45, 2.75) is 6.18 Å². The van der Waals surface area contributed by atoms with Gasteiger partial charge in [0.2, 0.25) is 0 Å². The molecule has 0 spiro atoms. The van der Waals surface area contributed by atoms with E-state index in [1.54, 1.807) is 18.2 Å². The van der Waals surface area contributed by atoms with Crippen molar-refractivity contribution in [2.75, 3.05) is 0 Å². The van der Waals surface area contributed by atoms with Crippen molar-refractivity contribution >= 4 is 6.29 Å². The maximum atomic E-state index is 12.7. The van der Waals surface area contributed by atoms with Gasteiger partial charge in [-0.2, -0.15) is 13.2 Å². The molecule has 0 saturated heterocycles. The van der Waals surface area contributed by atoms with E-state index in [4.69, 9.17) is 0 Å². The summed E-state index contributed by atoms with van der Waals surface area (Å²) < 4.78 is 42.8. The van der Waals surface area contributed by atoms with Gasteiger partial charge in [0, 0.05) is 5.56 Å². The van der Waals surface area contributed by atoms with Crippen LogP contribution in [-0.4, -0.2) is 6.29 Å². The van der Waals surface area contributed by atoms with Crippen molar-refractivity contribution in [2.24, 2.45) is 0 Å². The maximum absolute atomic E-state index is 12.7. The van der Waals surface area contributed by atoms with Gasteiger partial charge < -0.3 is 4.42 Å². The second-order valence-electron chi connectivity index (χ2n) is 3.37. The summed E-state index contributed by atoms with van der Waals surface area (Å²) in [5.41, 5.74) is -0.852. The standard InChI is InChI=1S/C12H7F3O2/c13-12(14,15)9-7-17-10(6-16)11(9)8-4-2-1-3-5-8/h1-7H. The Kier molecular flexibility index (Phi) is 2.75. The van der Waals surface area contributed by atoms with E-state index < -0.39 is 11.7 Å². The first-order valence-electron chi connectivity index (χ1n) is 4.73. The van der Waals surface area contributed by atoms with Crippen LogP contribution in [0.25, 0.3) is 11.1 Å². The van der Waals surface area contributed by atoms with Crippen LogP contribution in [0.15, 0.2) is 41.0 Å². The van der Waals surface area contributed by atoms with Gasteiger partial charge in [0.05, 0.1) is 0 Å². The number of rotatable bonds is 2. The van der Waals surface area contributed by atoms with E-state index >= 15 is 0 Å². The van der Waals surface area contributed by atoms with Crippen LogP contribution in [0.4, 0.5) is 13.2 Å². The third kappa shape index (κ3) is 2.08. The molecule has 0 saturated carbocycles.